The number of nitrogens with two attached hydrogens (primary N) is 1. The molecule has 18 heavy (non-hydrogen) atoms. The van der Waals surface area contributed by atoms with Crippen molar-refractivity contribution in [2.24, 2.45) is 5.73 Å². The SMILES string of the molecule is CNC(=O)CCN(C)c1nc(C)cc(C(N)=S)n1. The van der Waals surface area contributed by atoms with Crippen molar-refractivity contribution in [3.05, 3.63) is 17.5 Å². The van der Waals surface area contributed by atoms with E-state index in [1.165, 1.54) is 0 Å². The van der Waals surface area contributed by atoms with Crippen LogP contribution >= 0.6 is 12.2 Å². The van der Waals surface area contributed by atoms with Gasteiger partial charge in [-0.05, 0) is 13.0 Å². The normalized spacial score (nSPS) is 9.94. The van der Waals surface area contributed by atoms with Gasteiger partial charge in [0, 0.05) is 32.8 Å². The number of nitrogens with zero attached hydrogens (tertiary/aromatic N) is 3. The van der Waals surface area contributed by atoms with Gasteiger partial charge in [0.15, 0.2) is 0 Å². The third kappa shape index (κ3) is 3.92. The van der Waals surface area contributed by atoms with Crippen molar-refractivity contribution >= 4 is 29.1 Å². The van der Waals surface area contributed by atoms with Crippen LogP contribution in [0.25, 0.3) is 0 Å². The first-order valence-corrected chi connectivity index (χ1v) is 5.92. The van der Waals surface area contributed by atoms with E-state index in [2.05, 4.69) is 15.3 Å². The highest BCUT2D eigenvalue weighted by Gasteiger charge is 2.10. The summed E-state index contributed by atoms with van der Waals surface area (Å²) in [5, 5.41) is 2.57. The van der Waals surface area contributed by atoms with Crippen LogP contribution in [0.3, 0.4) is 0 Å². The first kappa shape index (κ1) is 14.3. The Labute approximate surface area is 112 Å². The Balaban J connectivity index is 2.82. The summed E-state index contributed by atoms with van der Waals surface area (Å²) in [6.07, 6.45) is 0.382. The Hall–Kier alpha value is -1.76. The Morgan fingerprint density at radius 3 is 2.78 bits per heavy atom. The molecule has 7 heteroatoms. The van der Waals surface area contributed by atoms with E-state index < -0.39 is 0 Å². The molecule has 0 unspecified atom stereocenters. The summed E-state index contributed by atoms with van der Waals surface area (Å²) in [7, 11) is 3.43. The molecule has 1 aromatic heterocycles. The summed E-state index contributed by atoms with van der Waals surface area (Å²) >= 11 is 4.90. The van der Waals surface area contributed by atoms with E-state index in [9.17, 15) is 4.79 Å². The molecule has 0 spiro atoms. The third-order valence-electron chi connectivity index (χ3n) is 2.39. The van der Waals surface area contributed by atoms with E-state index in [0.29, 0.717) is 24.6 Å². The number of thiocarbonyl (C=S) groups is 1. The zero-order valence-corrected chi connectivity index (χ0v) is 11.5. The summed E-state index contributed by atoms with van der Waals surface area (Å²) in [6.45, 7) is 2.37. The monoisotopic (exact) mass is 267 g/mol. The van der Waals surface area contributed by atoms with Crippen molar-refractivity contribution in [2.45, 2.75) is 13.3 Å². The fourth-order valence-electron chi connectivity index (χ4n) is 1.34. The van der Waals surface area contributed by atoms with Crippen molar-refractivity contribution in [1.29, 1.82) is 0 Å². The number of rotatable bonds is 5. The molecule has 1 rings (SSSR count). The Morgan fingerprint density at radius 2 is 2.22 bits per heavy atom. The number of carbonyl (C=O) groups excluding carboxylic acids is 1. The molecule has 0 aromatic carbocycles. The molecule has 0 saturated heterocycles. The second kappa shape index (κ2) is 6.25. The van der Waals surface area contributed by atoms with Gasteiger partial charge in [-0.15, -0.1) is 0 Å². The van der Waals surface area contributed by atoms with Crippen LogP contribution in [0, 0.1) is 6.92 Å². The number of hydrogen-bond acceptors (Lipinski definition) is 5. The molecule has 0 aliphatic rings. The van der Waals surface area contributed by atoms with Crippen molar-refractivity contribution < 1.29 is 4.79 Å². The number of hydrogen-bond donors (Lipinski definition) is 2. The lowest BCUT2D eigenvalue weighted by molar-refractivity contribution is -0.120. The fourth-order valence-corrected chi connectivity index (χ4v) is 1.45. The largest absolute Gasteiger partial charge is 0.388 e. The van der Waals surface area contributed by atoms with Gasteiger partial charge in [-0.3, -0.25) is 4.79 Å². The summed E-state index contributed by atoms with van der Waals surface area (Å²) in [5.74, 6) is 0.491. The molecule has 0 bridgehead atoms. The predicted molar refractivity (Wildman–Crippen MR) is 74.6 cm³/mol. The Kier molecular flexibility index (Phi) is 4.96. The quantitative estimate of drug-likeness (QED) is 0.730. The van der Waals surface area contributed by atoms with Crippen molar-refractivity contribution in [2.75, 3.05) is 25.5 Å². The van der Waals surface area contributed by atoms with E-state index in [4.69, 9.17) is 18.0 Å². The van der Waals surface area contributed by atoms with E-state index in [1.807, 2.05) is 14.0 Å². The van der Waals surface area contributed by atoms with E-state index in [0.717, 1.165) is 5.69 Å². The molecule has 1 aromatic rings. The van der Waals surface area contributed by atoms with Gasteiger partial charge >= 0.3 is 0 Å². The molecule has 1 amide bonds. The summed E-state index contributed by atoms with van der Waals surface area (Å²) < 4.78 is 0. The summed E-state index contributed by atoms with van der Waals surface area (Å²) in [6, 6.07) is 1.73. The average Bonchev–Trinajstić information content (AvgIpc) is 2.34. The maximum atomic E-state index is 11.2. The van der Waals surface area contributed by atoms with Gasteiger partial charge in [0.2, 0.25) is 11.9 Å². The lowest BCUT2D eigenvalue weighted by atomic mass is 10.3. The molecule has 0 aliphatic heterocycles. The van der Waals surface area contributed by atoms with Gasteiger partial charge < -0.3 is 16.0 Å². The predicted octanol–water partition coefficient (Wildman–Crippen LogP) is -0.00848. The van der Waals surface area contributed by atoms with Crippen LogP contribution in [0.1, 0.15) is 17.8 Å². The van der Waals surface area contributed by atoms with Crippen LogP contribution in [-0.2, 0) is 4.79 Å². The van der Waals surface area contributed by atoms with Crippen LogP contribution in [0.15, 0.2) is 6.07 Å². The molecule has 0 fully saturated rings. The molecule has 3 N–H and O–H groups in total. The van der Waals surface area contributed by atoms with E-state index in [1.54, 1.807) is 18.0 Å². The van der Waals surface area contributed by atoms with Gasteiger partial charge in [0.25, 0.3) is 0 Å². The molecular formula is C11H17N5OS. The second-order valence-corrected chi connectivity index (χ2v) is 4.34. The van der Waals surface area contributed by atoms with Crippen LogP contribution < -0.4 is 16.0 Å². The van der Waals surface area contributed by atoms with Crippen molar-refractivity contribution in [3.8, 4) is 0 Å². The highest BCUT2D eigenvalue weighted by atomic mass is 32.1. The molecule has 1 heterocycles. The fraction of sp³-hybridized carbons (Fsp3) is 0.455. The van der Waals surface area contributed by atoms with Crippen LogP contribution in [-0.4, -0.2) is 41.5 Å². The summed E-state index contributed by atoms with van der Waals surface area (Å²) in [4.78, 5) is 21.7. The standard InChI is InChI=1S/C11H17N5OS/c1-7-6-8(10(12)18)15-11(14-7)16(3)5-4-9(17)13-2/h6H,4-5H2,1-3H3,(H2,12,18)(H,13,17). The Morgan fingerprint density at radius 1 is 1.56 bits per heavy atom. The number of nitrogens with one attached hydrogen (secondary N) is 1. The number of amides is 1. The van der Waals surface area contributed by atoms with Gasteiger partial charge in [0.1, 0.15) is 10.7 Å². The summed E-state index contributed by atoms with van der Waals surface area (Å²) in [5.41, 5.74) is 6.88. The topological polar surface area (TPSA) is 84.1 Å². The minimum atomic E-state index is -0.0240. The number of carbonyl (C=O) groups is 1. The van der Waals surface area contributed by atoms with Crippen molar-refractivity contribution in [3.63, 3.8) is 0 Å². The number of aromatic nitrogens is 2. The highest BCUT2D eigenvalue weighted by molar-refractivity contribution is 7.80. The number of aryl methyl sites for hydroxylation is 1. The lowest BCUT2D eigenvalue weighted by Gasteiger charge is -2.17. The smallest absolute Gasteiger partial charge is 0.225 e. The van der Waals surface area contributed by atoms with Crippen LogP contribution in [0.5, 0.6) is 0 Å². The zero-order chi connectivity index (χ0) is 13.7. The molecule has 0 atom stereocenters. The Bertz CT molecular complexity index is 463. The minimum Gasteiger partial charge on any atom is -0.388 e. The van der Waals surface area contributed by atoms with Crippen LogP contribution in [0.4, 0.5) is 5.95 Å². The minimum absolute atomic E-state index is 0.0240. The maximum absolute atomic E-state index is 11.2. The average molecular weight is 267 g/mol. The first-order chi connectivity index (χ1) is 8.43. The molecular weight excluding hydrogens is 250 g/mol. The van der Waals surface area contributed by atoms with Crippen molar-refractivity contribution in [1.82, 2.24) is 15.3 Å². The maximum Gasteiger partial charge on any atom is 0.225 e. The van der Waals surface area contributed by atoms with Gasteiger partial charge in [-0.2, -0.15) is 0 Å². The zero-order valence-electron chi connectivity index (χ0n) is 10.7. The molecule has 0 radical (unpaired) electrons. The van der Waals surface area contributed by atoms with E-state index in [-0.39, 0.29) is 10.9 Å². The lowest BCUT2D eigenvalue weighted by Crippen LogP contribution is -2.28. The van der Waals surface area contributed by atoms with Gasteiger partial charge in [-0.25, -0.2) is 9.97 Å². The van der Waals surface area contributed by atoms with E-state index >= 15 is 0 Å². The number of anilines is 1. The third-order valence-corrected chi connectivity index (χ3v) is 2.60. The first-order valence-electron chi connectivity index (χ1n) is 5.51. The van der Waals surface area contributed by atoms with Crippen LogP contribution in [0.2, 0.25) is 0 Å². The molecule has 0 saturated carbocycles. The van der Waals surface area contributed by atoms with Gasteiger partial charge in [0.05, 0.1) is 0 Å². The molecule has 0 aliphatic carbocycles. The second-order valence-electron chi connectivity index (χ2n) is 3.90. The highest BCUT2D eigenvalue weighted by Crippen LogP contribution is 2.09. The molecule has 6 nitrogen and oxygen atoms in total. The van der Waals surface area contributed by atoms with Gasteiger partial charge in [-0.1, -0.05) is 12.2 Å². The molecule has 98 valence electrons.